The van der Waals surface area contributed by atoms with Crippen molar-refractivity contribution in [3.05, 3.63) is 75.3 Å². The zero-order valence-corrected chi connectivity index (χ0v) is 11.6. The Labute approximate surface area is 126 Å². The number of amides is 1. The Balaban J connectivity index is 2.05. The minimum Gasteiger partial charge on any atom is -0.322 e. The normalized spacial score (nSPS) is 10.5. The quantitative estimate of drug-likeness (QED) is 0.529. The zero-order valence-electron chi connectivity index (χ0n) is 10.8. The van der Waals surface area contributed by atoms with Gasteiger partial charge in [-0.1, -0.05) is 29.8 Å². The fourth-order valence-electron chi connectivity index (χ4n) is 1.66. The minimum atomic E-state index is -0.516. The SMILES string of the molecule is O=C(C=Cc1cccc(Cl)c1)Nc1cccc([N+](=O)[O-])c1. The van der Waals surface area contributed by atoms with Gasteiger partial charge in [-0.3, -0.25) is 14.9 Å². The highest BCUT2D eigenvalue weighted by Gasteiger charge is 2.06. The number of carbonyl (C=O) groups is 1. The number of benzene rings is 2. The second kappa shape index (κ2) is 6.67. The molecule has 1 amide bonds. The molecule has 0 aliphatic carbocycles. The Hall–Kier alpha value is -2.66. The maximum atomic E-state index is 11.8. The highest BCUT2D eigenvalue weighted by Crippen LogP contribution is 2.17. The van der Waals surface area contributed by atoms with Crippen molar-refractivity contribution in [2.75, 3.05) is 5.32 Å². The molecule has 5 nitrogen and oxygen atoms in total. The maximum absolute atomic E-state index is 11.8. The number of nitro groups is 1. The van der Waals surface area contributed by atoms with Crippen LogP contribution in [0.25, 0.3) is 6.08 Å². The number of hydrogen-bond donors (Lipinski definition) is 1. The second-order valence-electron chi connectivity index (χ2n) is 4.19. The number of nitrogens with one attached hydrogen (secondary N) is 1. The maximum Gasteiger partial charge on any atom is 0.271 e. The lowest BCUT2D eigenvalue weighted by Crippen LogP contribution is -2.07. The van der Waals surface area contributed by atoms with Crippen molar-refractivity contribution in [3.8, 4) is 0 Å². The Kier molecular flexibility index (Phi) is 4.68. The number of nitro benzene ring substituents is 1. The van der Waals surface area contributed by atoms with Crippen molar-refractivity contribution in [3.63, 3.8) is 0 Å². The van der Waals surface area contributed by atoms with Crippen molar-refractivity contribution < 1.29 is 9.72 Å². The summed E-state index contributed by atoms with van der Waals surface area (Å²) in [5.74, 6) is -0.379. The van der Waals surface area contributed by atoms with E-state index < -0.39 is 4.92 Å². The van der Waals surface area contributed by atoms with Crippen molar-refractivity contribution >= 4 is 35.0 Å². The molecule has 2 aromatic rings. The number of carbonyl (C=O) groups excluding carboxylic acids is 1. The van der Waals surface area contributed by atoms with Gasteiger partial charge in [-0.2, -0.15) is 0 Å². The van der Waals surface area contributed by atoms with Crippen LogP contribution < -0.4 is 5.32 Å². The molecule has 2 aromatic carbocycles. The fourth-order valence-corrected chi connectivity index (χ4v) is 1.86. The molecule has 1 N–H and O–H groups in total. The van der Waals surface area contributed by atoms with Gasteiger partial charge in [-0.25, -0.2) is 0 Å². The van der Waals surface area contributed by atoms with Crippen LogP contribution in [0.1, 0.15) is 5.56 Å². The van der Waals surface area contributed by atoms with E-state index in [1.54, 1.807) is 30.3 Å². The van der Waals surface area contributed by atoms with E-state index >= 15 is 0 Å². The summed E-state index contributed by atoms with van der Waals surface area (Å²) in [6.07, 6.45) is 2.95. The third kappa shape index (κ3) is 4.43. The van der Waals surface area contributed by atoms with Crippen LogP contribution in [0.3, 0.4) is 0 Å². The zero-order chi connectivity index (χ0) is 15.2. The largest absolute Gasteiger partial charge is 0.322 e. The Morgan fingerprint density at radius 1 is 1.19 bits per heavy atom. The van der Waals surface area contributed by atoms with E-state index in [4.69, 9.17) is 11.6 Å². The molecule has 0 unspecified atom stereocenters. The number of nitrogens with zero attached hydrogens (tertiary/aromatic N) is 1. The number of rotatable bonds is 4. The Morgan fingerprint density at radius 3 is 2.67 bits per heavy atom. The molecule has 0 heterocycles. The van der Waals surface area contributed by atoms with Crippen LogP contribution in [-0.4, -0.2) is 10.8 Å². The number of halogens is 1. The fraction of sp³-hybridized carbons (Fsp3) is 0. The third-order valence-electron chi connectivity index (χ3n) is 2.60. The van der Waals surface area contributed by atoms with E-state index in [0.29, 0.717) is 10.7 Å². The number of non-ortho nitro benzene ring substituents is 1. The molecular formula is C15H11ClN2O3. The molecule has 0 spiro atoms. The molecule has 6 heteroatoms. The molecular weight excluding hydrogens is 292 g/mol. The lowest BCUT2D eigenvalue weighted by molar-refractivity contribution is -0.384. The summed E-state index contributed by atoms with van der Waals surface area (Å²) in [7, 11) is 0. The van der Waals surface area contributed by atoms with Crippen molar-refractivity contribution in [2.45, 2.75) is 0 Å². The molecule has 0 bridgehead atoms. The molecule has 0 aliphatic heterocycles. The number of anilines is 1. The predicted octanol–water partition coefficient (Wildman–Crippen LogP) is 3.90. The first kappa shape index (κ1) is 14.7. The van der Waals surface area contributed by atoms with Gasteiger partial charge in [0.2, 0.25) is 5.91 Å². The average molecular weight is 303 g/mol. The molecule has 0 aromatic heterocycles. The summed E-state index contributed by atoms with van der Waals surface area (Å²) < 4.78 is 0. The van der Waals surface area contributed by atoms with Gasteiger partial charge in [0.15, 0.2) is 0 Å². The van der Waals surface area contributed by atoms with Crippen LogP contribution in [0.15, 0.2) is 54.6 Å². The van der Waals surface area contributed by atoms with Crippen LogP contribution in [0.2, 0.25) is 5.02 Å². The van der Waals surface area contributed by atoms with Gasteiger partial charge in [-0.05, 0) is 29.8 Å². The standard InChI is InChI=1S/C15H11ClN2O3/c16-12-4-1-3-11(9-12)7-8-15(19)17-13-5-2-6-14(10-13)18(20)21/h1-10H,(H,17,19). The van der Waals surface area contributed by atoms with Gasteiger partial charge in [-0.15, -0.1) is 0 Å². The first-order chi connectivity index (χ1) is 10.0. The first-order valence-electron chi connectivity index (χ1n) is 6.04. The topological polar surface area (TPSA) is 72.2 Å². The Morgan fingerprint density at radius 2 is 1.95 bits per heavy atom. The van der Waals surface area contributed by atoms with Crippen molar-refractivity contribution in [1.29, 1.82) is 0 Å². The third-order valence-corrected chi connectivity index (χ3v) is 2.84. The molecule has 0 fully saturated rings. The summed E-state index contributed by atoms with van der Waals surface area (Å²) in [6, 6.07) is 12.8. The molecule has 0 radical (unpaired) electrons. The van der Waals surface area contributed by atoms with Crippen molar-refractivity contribution in [2.24, 2.45) is 0 Å². The van der Waals surface area contributed by atoms with Crippen LogP contribution in [-0.2, 0) is 4.79 Å². The minimum absolute atomic E-state index is 0.0772. The van der Waals surface area contributed by atoms with Gasteiger partial charge in [0.1, 0.15) is 0 Å². The lowest BCUT2D eigenvalue weighted by Gasteiger charge is -2.01. The summed E-state index contributed by atoms with van der Waals surface area (Å²) >= 11 is 5.84. The van der Waals surface area contributed by atoms with Crippen molar-refractivity contribution in [1.82, 2.24) is 0 Å². The van der Waals surface area contributed by atoms with Crippen LogP contribution >= 0.6 is 11.6 Å². The lowest BCUT2D eigenvalue weighted by atomic mass is 10.2. The van der Waals surface area contributed by atoms with Gasteiger partial charge < -0.3 is 5.32 Å². The average Bonchev–Trinajstić information content (AvgIpc) is 2.45. The summed E-state index contributed by atoms with van der Waals surface area (Å²) in [5, 5.41) is 13.8. The molecule has 21 heavy (non-hydrogen) atoms. The molecule has 106 valence electrons. The predicted molar refractivity (Wildman–Crippen MR) is 82.2 cm³/mol. The summed E-state index contributed by atoms with van der Waals surface area (Å²) in [4.78, 5) is 21.9. The van der Waals surface area contributed by atoms with Crippen LogP contribution in [0.4, 0.5) is 11.4 Å². The second-order valence-corrected chi connectivity index (χ2v) is 4.62. The van der Waals surface area contributed by atoms with Crippen LogP contribution in [0.5, 0.6) is 0 Å². The number of hydrogen-bond acceptors (Lipinski definition) is 3. The molecule has 0 aliphatic rings. The monoisotopic (exact) mass is 302 g/mol. The first-order valence-corrected chi connectivity index (χ1v) is 6.41. The van der Waals surface area contributed by atoms with E-state index in [1.165, 1.54) is 24.3 Å². The molecule has 0 saturated heterocycles. The van der Waals surface area contributed by atoms with Gasteiger partial charge in [0, 0.05) is 28.9 Å². The Bertz CT molecular complexity index is 714. The molecule has 0 atom stereocenters. The molecule has 0 saturated carbocycles. The van der Waals surface area contributed by atoms with E-state index in [1.807, 2.05) is 6.07 Å². The summed E-state index contributed by atoms with van der Waals surface area (Å²) in [6.45, 7) is 0. The van der Waals surface area contributed by atoms with Gasteiger partial charge in [0.05, 0.1) is 4.92 Å². The highest BCUT2D eigenvalue weighted by atomic mass is 35.5. The van der Waals surface area contributed by atoms with Gasteiger partial charge >= 0.3 is 0 Å². The smallest absolute Gasteiger partial charge is 0.271 e. The van der Waals surface area contributed by atoms with E-state index in [2.05, 4.69) is 5.32 Å². The summed E-state index contributed by atoms with van der Waals surface area (Å²) in [5.41, 5.74) is 1.08. The molecule has 2 rings (SSSR count). The van der Waals surface area contributed by atoms with Crippen LogP contribution in [0, 0.1) is 10.1 Å². The highest BCUT2D eigenvalue weighted by molar-refractivity contribution is 6.30. The van der Waals surface area contributed by atoms with E-state index in [0.717, 1.165) is 5.56 Å². The van der Waals surface area contributed by atoms with E-state index in [-0.39, 0.29) is 11.6 Å². The van der Waals surface area contributed by atoms with Gasteiger partial charge in [0.25, 0.3) is 5.69 Å². The van der Waals surface area contributed by atoms with E-state index in [9.17, 15) is 14.9 Å².